The van der Waals surface area contributed by atoms with Gasteiger partial charge in [-0.1, -0.05) is 38.1 Å². The molecule has 4 heteroatoms. The van der Waals surface area contributed by atoms with E-state index < -0.39 is 21.2 Å². The van der Waals surface area contributed by atoms with E-state index in [1.54, 1.807) is 32.0 Å². The fraction of sp³-hybridized carbons (Fsp3) is 0.385. The smallest absolute Gasteiger partial charge is 0.187 e. The van der Waals surface area contributed by atoms with Crippen LogP contribution in [-0.4, -0.2) is 24.9 Å². The second kappa shape index (κ2) is 5.47. The van der Waals surface area contributed by atoms with Crippen molar-refractivity contribution in [3.63, 3.8) is 0 Å². The Morgan fingerprint density at radius 3 is 2.18 bits per heavy atom. The lowest BCUT2D eigenvalue weighted by Gasteiger charge is -2.22. The molecule has 0 spiro atoms. The van der Waals surface area contributed by atoms with Crippen molar-refractivity contribution < 1.29 is 13.5 Å². The SMILES string of the molecule is C=C[C@H]([C@H](O)C(C)C)S(=O)(=O)c1ccccc1. The Balaban J connectivity index is 3.16. The topological polar surface area (TPSA) is 54.4 Å². The maximum Gasteiger partial charge on any atom is 0.187 e. The highest BCUT2D eigenvalue weighted by Gasteiger charge is 2.32. The third-order valence-corrected chi connectivity index (χ3v) is 4.80. The average molecular weight is 254 g/mol. The summed E-state index contributed by atoms with van der Waals surface area (Å²) in [5.74, 6) is -0.142. The van der Waals surface area contributed by atoms with Gasteiger partial charge >= 0.3 is 0 Å². The molecule has 94 valence electrons. The highest BCUT2D eigenvalue weighted by atomic mass is 32.2. The molecule has 17 heavy (non-hydrogen) atoms. The third kappa shape index (κ3) is 2.96. The Morgan fingerprint density at radius 1 is 1.24 bits per heavy atom. The molecule has 0 aliphatic rings. The lowest BCUT2D eigenvalue weighted by Crippen LogP contribution is -2.36. The predicted octanol–water partition coefficient (Wildman–Crippen LogP) is 2.03. The third-order valence-electron chi connectivity index (χ3n) is 2.68. The Bertz CT molecular complexity index is 463. The molecule has 0 saturated carbocycles. The predicted molar refractivity (Wildman–Crippen MR) is 68.5 cm³/mol. The van der Waals surface area contributed by atoms with Crippen molar-refractivity contribution in [1.82, 2.24) is 0 Å². The van der Waals surface area contributed by atoms with Crippen molar-refractivity contribution in [3.05, 3.63) is 43.0 Å². The molecule has 1 aromatic carbocycles. The summed E-state index contributed by atoms with van der Waals surface area (Å²) in [7, 11) is -3.56. The lowest BCUT2D eigenvalue weighted by atomic mass is 10.0. The molecule has 0 amide bonds. The maximum absolute atomic E-state index is 12.3. The first-order valence-corrected chi connectivity index (χ1v) is 7.05. The van der Waals surface area contributed by atoms with Crippen LogP contribution in [0.2, 0.25) is 0 Å². The van der Waals surface area contributed by atoms with Gasteiger partial charge in [-0.2, -0.15) is 0 Å². The first-order chi connectivity index (χ1) is 7.91. The summed E-state index contributed by atoms with van der Waals surface area (Å²) < 4.78 is 24.6. The molecule has 0 fully saturated rings. The van der Waals surface area contributed by atoms with E-state index in [-0.39, 0.29) is 10.8 Å². The van der Waals surface area contributed by atoms with Crippen LogP contribution < -0.4 is 0 Å². The van der Waals surface area contributed by atoms with Gasteiger partial charge in [0.1, 0.15) is 5.25 Å². The van der Waals surface area contributed by atoms with E-state index in [9.17, 15) is 13.5 Å². The van der Waals surface area contributed by atoms with Crippen LogP contribution in [0.4, 0.5) is 0 Å². The number of sulfone groups is 1. The summed E-state index contributed by atoms with van der Waals surface area (Å²) >= 11 is 0. The van der Waals surface area contributed by atoms with Crippen molar-refractivity contribution in [1.29, 1.82) is 0 Å². The summed E-state index contributed by atoms with van der Waals surface area (Å²) in [6, 6.07) is 8.13. The van der Waals surface area contributed by atoms with E-state index in [4.69, 9.17) is 0 Å². The molecule has 1 rings (SSSR count). The van der Waals surface area contributed by atoms with Crippen molar-refractivity contribution in [2.45, 2.75) is 30.1 Å². The lowest BCUT2D eigenvalue weighted by molar-refractivity contribution is 0.131. The number of benzene rings is 1. The van der Waals surface area contributed by atoms with Crippen LogP contribution in [0.5, 0.6) is 0 Å². The van der Waals surface area contributed by atoms with Gasteiger partial charge in [-0.15, -0.1) is 6.58 Å². The molecule has 0 bridgehead atoms. The van der Waals surface area contributed by atoms with Gasteiger partial charge in [0, 0.05) is 0 Å². The van der Waals surface area contributed by atoms with Crippen molar-refractivity contribution in [3.8, 4) is 0 Å². The van der Waals surface area contributed by atoms with Gasteiger partial charge in [-0.25, -0.2) is 8.42 Å². The van der Waals surface area contributed by atoms with Gasteiger partial charge in [0.25, 0.3) is 0 Å². The van der Waals surface area contributed by atoms with Gasteiger partial charge in [0.05, 0.1) is 11.0 Å². The molecule has 3 nitrogen and oxygen atoms in total. The van der Waals surface area contributed by atoms with Gasteiger partial charge < -0.3 is 5.11 Å². The zero-order valence-corrected chi connectivity index (χ0v) is 10.9. The fourth-order valence-electron chi connectivity index (χ4n) is 1.60. The molecular weight excluding hydrogens is 236 g/mol. The average Bonchev–Trinajstić information content (AvgIpc) is 2.30. The summed E-state index contributed by atoms with van der Waals surface area (Å²) in [6.07, 6.45) is 0.352. The monoisotopic (exact) mass is 254 g/mol. The Hall–Kier alpha value is -1.13. The molecule has 0 aromatic heterocycles. The molecule has 1 N–H and O–H groups in total. The van der Waals surface area contributed by atoms with Crippen LogP contribution in [0.3, 0.4) is 0 Å². The molecule has 0 saturated heterocycles. The zero-order valence-electron chi connectivity index (χ0n) is 10.1. The number of rotatable bonds is 5. The second-order valence-corrected chi connectivity index (χ2v) is 6.40. The van der Waals surface area contributed by atoms with Crippen molar-refractivity contribution in [2.75, 3.05) is 0 Å². The molecule has 0 radical (unpaired) electrons. The van der Waals surface area contributed by atoms with Crippen molar-refractivity contribution in [2.24, 2.45) is 5.92 Å². The van der Waals surface area contributed by atoms with E-state index in [0.29, 0.717) is 0 Å². The number of aliphatic hydroxyl groups is 1. The molecule has 0 heterocycles. The highest BCUT2D eigenvalue weighted by molar-refractivity contribution is 7.92. The van der Waals surface area contributed by atoms with Crippen LogP contribution in [0, 0.1) is 5.92 Å². The zero-order chi connectivity index (χ0) is 13.1. The summed E-state index contributed by atoms with van der Waals surface area (Å²) in [4.78, 5) is 0.213. The van der Waals surface area contributed by atoms with E-state index in [1.807, 2.05) is 0 Å². The van der Waals surface area contributed by atoms with Gasteiger partial charge in [-0.3, -0.25) is 0 Å². The summed E-state index contributed by atoms with van der Waals surface area (Å²) in [6.45, 7) is 7.08. The number of aliphatic hydroxyl groups excluding tert-OH is 1. The van der Waals surface area contributed by atoms with Crippen LogP contribution in [0.15, 0.2) is 47.9 Å². The van der Waals surface area contributed by atoms with E-state index in [2.05, 4.69) is 6.58 Å². The molecule has 0 aliphatic carbocycles. The first kappa shape index (κ1) is 13.9. The van der Waals surface area contributed by atoms with Gasteiger partial charge in [-0.05, 0) is 18.1 Å². The van der Waals surface area contributed by atoms with Crippen LogP contribution in [0.25, 0.3) is 0 Å². The highest BCUT2D eigenvalue weighted by Crippen LogP contribution is 2.22. The van der Waals surface area contributed by atoms with Gasteiger partial charge in [0.15, 0.2) is 9.84 Å². The van der Waals surface area contributed by atoms with E-state index >= 15 is 0 Å². The minimum Gasteiger partial charge on any atom is -0.391 e. The summed E-state index contributed by atoms with van der Waals surface area (Å²) in [5.41, 5.74) is 0. The van der Waals surface area contributed by atoms with E-state index in [0.717, 1.165) is 0 Å². The van der Waals surface area contributed by atoms with Crippen LogP contribution in [-0.2, 0) is 9.84 Å². The quantitative estimate of drug-likeness (QED) is 0.818. The fourth-order valence-corrected chi connectivity index (χ4v) is 3.38. The standard InChI is InChI=1S/C13H18O3S/c1-4-12(13(14)10(2)3)17(15,16)11-8-6-5-7-9-11/h4-10,12-14H,1H2,2-3H3/t12-,13-/m1/s1. The first-order valence-electron chi connectivity index (χ1n) is 5.50. The largest absolute Gasteiger partial charge is 0.391 e. The minimum atomic E-state index is -3.56. The summed E-state index contributed by atoms with van der Waals surface area (Å²) in [5, 5.41) is 8.97. The molecule has 2 atom stereocenters. The maximum atomic E-state index is 12.3. The Morgan fingerprint density at radius 2 is 1.76 bits per heavy atom. The van der Waals surface area contributed by atoms with Crippen molar-refractivity contribution >= 4 is 9.84 Å². The number of hydrogen-bond donors (Lipinski definition) is 1. The molecule has 1 aromatic rings. The number of hydrogen-bond acceptors (Lipinski definition) is 3. The van der Waals surface area contributed by atoms with E-state index in [1.165, 1.54) is 18.2 Å². The van der Waals surface area contributed by atoms with Crippen LogP contribution >= 0.6 is 0 Å². The normalized spacial score (nSPS) is 15.5. The second-order valence-electron chi connectivity index (χ2n) is 4.29. The van der Waals surface area contributed by atoms with Crippen LogP contribution in [0.1, 0.15) is 13.8 Å². The minimum absolute atomic E-state index is 0.142. The molecule has 0 aliphatic heterocycles. The molecular formula is C13H18O3S. The molecule has 0 unspecified atom stereocenters. The van der Waals surface area contributed by atoms with Gasteiger partial charge in [0.2, 0.25) is 0 Å². The Kier molecular flexibility index (Phi) is 4.48. The Labute approximate surface area is 103 Å².